The lowest BCUT2D eigenvalue weighted by molar-refractivity contribution is 0.0690. The normalized spacial score (nSPS) is 11.6. The second-order valence-corrected chi connectivity index (χ2v) is 6.51. The van der Waals surface area contributed by atoms with Gasteiger partial charge >= 0.3 is 5.97 Å². The van der Waals surface area contributed by atoms with E-state index in [0.29, 0.717) is 5.82 Å². The van der Waals surface area contributed by atoms with Gasteiger partial charge in [-0.25, -0.2) is 18.2 Å². The van der Waals surface area contributed by atoms with Crippen molar-refractivity contribution >= 4 is 32.7 Å². The molecule has 0 saturated carbocycles. The zero-order valence-electron chi connectivity index (χ0n) is 10.9. The Bertz CT molecular complexity index is 775. The molecule has 2 aromatic heterocycles. The molecule has 10 heteroatoms. The van der Waals surface area contributed by atoms with Crippen LogP contribution in [0.4, 0.5) is 5.13 Å². The zero-order valence-corrected chi connectivity index (χ0v) is 12.5. The van der Waals surface area contributed by atoms with E-state index in [1.807, 2.05) is 0 Å². The number of nitrogens with one attached hydrogen (secondary N) is 2. The number of carboxylic acids is 1. The molecule has 0 aliphatic heterocycles. The molecule has 0 aliphatic carbocycles. The molecule has 2 aromatic rings. The summed E-state index contributed by atoms with van der Waals surface area (Å²) in [4.78, 5) is 17.4. The molecule has 0 radical (unpaired) electrons. The number of H-pyrrole nitrogens is 1. The zero-order chi connectivity index (χ0) is 15.1. The Balaban J connectivity index is 2.47. The van der Waals surface area contributed by atoms with Gasteiger partial charge < -0.3 is 10.1 Å². The number of carbonyl (C=O) groups is 1. The summed E-state index contributed by atoms with van der Waals surface area (Å²) in [7, 11) is -3.91. The highest BCUT2D eigenvalue weighted by Crippen LogP contribution is 2.25. The third-order valence-corrected chi connectivity index (χ3v) is 5.06. The molecule has 0 fully saturated rings. The van der Waals surface area contributed by atoms with Crippen molar-refractivity contribution < 1.29 is 18.3 Å². The maximum absolute atomic E-state index is 12.3. The van der Waals surface area contributed by atoms with Gasteiger partial charge in [-0.15, -0.1) is 0 Å². The SMILES string of the molecule is Cc1nsc(NS(=O)(=O)c2c(C)[nH]c(C(=O)O)c2C)n1. The van der Waals surface area contributed by atoms with Crippen LogP contribution in [-0.4, -0.2) is 33.8 Å². The Hall–Kier alpha value is -1.94. The van der Waals surface area contributed by atoms with E-state index in [-0.39, 0.29) is 27.0 Å². The first-order valence-electron chi connectivity index (χ1n) is 5.48. The molecule has 0 bridgehead atoms. The standard InChI is InChI=1S/C10H12N4O4S2/c1-4-7(9(15)16)11-5(2)8(4)20(17,18)14-10-12-6(3)13-19-10/h11H,1-3H3,(H,15,16)(H,12,13,14). The molecule has 0 aliphatic rings. The molecule has 0 atom stereocenters. The van der Waals surface area contributed by atoms with Crippen molar-refractivity contribution in [3.8, 4) is 0 Å². The van der Waals surface area contributed by atoms with Gasteiger partial charge in [0, 0.05) is 22.8 Å². The molecule has 20 heavy (non-hydrogen) atoms. The lowest BCUT2D eigenvalue weighted by Gasteiger charge is -2.05. The number of anilines is 1. The van der Waals surface area contributed by atoms with Gasteiger partial charge in [0.25, 0.3) is 10.0 Å². The monoisotopic (exact) mass is 316 g/mol. The van der Waals surface area contributed by atoms with Crippen LogP contribution in [-0.2, 0) is 10.0 Å². The van der Waals surface area contributed by atoms with Crippen LogP contribution in [0, 0.1) is 20.8 Å². The predicted octanol–water partition coefficient (Wildman–Crippen LogP) is 1.29. The van der Waals surface area contributed by atoms with E-state index < -0.39 is 16.0 Å². The van der Waals surface area contributed by atoms with E-state index in [0.717, 1.165) is 11.5 Å². The van der Waals surface area contributed by atoms with Gasteiger partial charge in [0.15, 0.2) is 0 Å². The first kappa shape index (κ1) is 14.5. The van der Waals surface area contributed by atoms with E-state index >= 15 is 0 Å². The Morgan fingerprint density at radius 1 is 1.35 bits per heavy atom. The van der Waals surface area contributed by atoms with Crippen molar-refractivity contribution in [1.82, 2.24) is 14.3 Å². The van der Waals surface area contributed by atoms with E-state index in [2.05, 4.69) is 19.1 Å². The number of aromatic carboxylic acids is 1. The van der Waals surface area contributed by atoms with E-state index in [9.17, 15) is 13.2 Å². The number of aromatic nitrogens is 3. The summed E-state index contributed by atoms with van der Waals surface area (Å²) in [5.74, 6) is -0.750. The van der Waals surface area contributed by atoms with Crippen molar-refractivity contribution in [2.75, 3.05) is 4.72 Å². The Kier molecular flexibility index (Phi) is 3.52. The van der Waals surface area contributed by atoms with Crippen molar-refractivity contribution in [2.24, 2.45) is 0 Å². The molecule has 0 amide bonds. The highest BCUT2D eigenvalue weighted by Gasteiger charge is 2.27. The number of rotatable bonds is 4. The van der Waals surface area contributed by atoms with Crippen molar-refractivity contribution in [1.29, 1.82) is 0 Å². The fraction of sp³-hybridized carbons (Fsp3) is 0.300. The lowest BCUT2D eigenvalue weighted by Crippen LogP contribution is -2.14. The Morgan fingerprint density at radius 3 is 2.45 bits per heavy atom. The summed E-state index contributed by atoms with van der Waals surface area (Å²) >= 11 is 0.918. The second kappa shape index (κ2) is 4.87. The Morgan fingerprint density at radius 2 is 2.00 bits per heavy atom. The first-order valence-corrected chi connectivity index (χ1v) is 7.73. The number of sulfonamides is 1. The van der Waals surface area contributed by atoms with E-state index in [1.165, 1.54) is 13.8 Å². The minimum Gasteiger partial charge on any atom is -0.477 e. The van der Waals surface area contributed by atoms with Crippen molar-refractivity contribution in [2.45, 2.75) is 25.7 Å². The maximum Gasteiger partial charge on any atom is 0.352 e. The van der Waals surface area contributed by atoms with E-state index in [1.54, 1.807) is 6.92 Å². The smallest absolute Gasteiger partial charge is 0.352 e. The first-order chi connectivity index (χ1) is 9.22. The van der Waals surface area contributed by atoms with Crippen LogP contribution in [0.2, 0.25) is 0 Å². The van der Waals surface area contributed by atoms with Gasteiger partial charge in [0.2, 0.25) is 5.13 Å². The molecule has 2 rings (SSSR count). The van der Waals surface area contributed by atoms with Gasteiger partial charge in [0.05, 0.1) is 0 Å². The van der Waals surface area contributed by atoms with Crippen molar-refractivity contribution in [3.63, 3.8) is 0 Å². The van der Waals surface area contributed by atoms with Gasteiger partial charge in [-0.1, -0.05) is 0 Å². The van der Waals surface area contributed by atoms with Crippen LogP contribution in [0.15, 0.2) is 4.90 Å². The molecular formula is C10H12N4O4S2. The summed E-state index contributed by atoms with van der Waals surface area (Å²) in [6.45, 7) is 4.58. The molecule has 0 unspecified atom stereocenters. The van der Waals surface area contributed by atoms with Crippen LogP contribution < -0.4 is 4.72 Å². The molecule has 3 N–H and O–H groups in total. The fourth-order valence-electron chi connectivity index (χ4n) is 1.85. The highest BCUT2D eigenvalue weighted by atomic mass is 32.2. The second-order valence-electron chi connectivity index (χ2n) is 4.14. The summed E-state index contributed by atoms with van der Waals surface area (Å²) in [5, 5.41) is 9.13. The number of hydrogen-bond donors (Lipinski definition) is 3. The maximum atomic E-state index is 12.3. The molecule has 0 saturated heterocycles. The summed E-state index contributed by atoms with van der Waals surface area (Å²) in [6, 6.07) is 0. The number of carboxylic acid groups (broad SMARTS) is 1. The number of aryl methyl sites for hydroxylation is 2. The average Bonchev–Trinajstić information content (AvgIpc) is 2.82. The Labute approximate surface area is 119 Å². The predicted molar refractivity (Wildman–Crippen MR) is 72.7 cm³/mol. The molecular weight excluding hydrogens is 304 g/mol. The fourth-order valence-corrected chi connectivity index (χ4v) is 4.10. The highest BCUT2D eigenvalue weighted by molar-refractivity contribution is 7.93. The number of hydrogen-bond acceptors (Lipinski definition) is 6. The summed E-state index contributed by atoms with van der Waals surface area (Å²) < 4.78 is 30.8. The summed E-state index contributed by atoms with van der Waals surface area (Å²) in [6.07, 6.45) is 0. The van der Waals surface area contributed by atoms with E-state index in [4.69, 9.17) is 5.11 Å². The van der Waals surface area contributed by atoms with Gasteiger partial charge in [0.1, 0.15) is 16.4 Å². The van der Waals surface area contributed by atoms with Crippen LogP contribution in [0.5, 0.6) is 0 Å². The van der Waals surface area contributed by atoms with Crippen LogP contribution >= 0.6 is 11.5 Å². The molecule has 0 aromatic carbocycles. The molecule has 108 valence electrons. The molecule has 2 heterocycles. The van der Waals surface area contributed by atoms with Gasteiger partial charge in [-0.3, -0.25) is 4.72 Å². The minimum atomic E-state index is -3.91. The van der Waals surface area contributed by atoms with Crippen LogP contribution in [0.25, 0.3) is 0 Å². The van der Waals surface area contributed by atoms with Gasteiger partial charge in [-0.2, -0.15) is 4.37 Å². The lowest BCUT2D eigenvalue weighted by atomic mass is 10.2. The van der Waals surface area contributed by atoms with Crippen molar-refractivity contribution in [3.05, 3.63) is 22.8 Å². The molecule has 8 nitrogen and oxygen atoms in total. The third-order valence-electron chi connectivity index (χ3n) is 2.60. The number of nitrogens with zero attached hydrogens (tertiary/aromatic N) is 2. The summed E-state index contributed by atoms with van der Waals surface area (Å²) in [5.41, 5.74) is 0.272. The van der Waals surface area contributed by atoms with Crippen LogP contribution in [0.1, 0.15) is 27.6 Å². The topological polar surface area (TPSA) is 125 Å². The average molecular weight is 316 g/mol. The largest absolute Gasteiger partial charge is 0.477 e. The van der Waals surface area contributed by atoms with Gasteiger partial charge in [-0.05, 0) is 20.8 Å². The number of aromatic amines is 1. The van der Waals surface area contributed by atoms with Crippen LogP contribution in [0.3, 0.4) is 0 Å². The molecule has 0 spiro atoms. The quantitative estimate of drug-likeness (QED) is 0.780. The third kappa shape index (κ3) is 2.51. The minimum absolute atomic E-state index is 0.0808.